The molecule has 0 radical (unpaired) electrons. The van der Waals surface area contributed by atoms with Crippen molar-refractivity contribution in [3.63, 3.8) is 0 Å². The number of benzene rings is 3. The number of aromatic nitrogens is 2. The van der Waals surface area contributed by atoms with Crippen LogP contribution in [0.1, 0.15) is 6.92 Å². The van der Waals surface area contributed by atoms with Gasteiger partial charge in [-0.15, -0.1) is 0 Å². The second kappa shape index (κ2) is 8.32. The van der Waals surface area contributed by atoms with Crippen molar-refractivity contribution in [2.45, 2.75) is 17.3 Å². The Balaban J connectivity index is 1.65. The molecule has 4 aromatic rings. The van der Waals surface area contributed by atoms with Gasteiger partial charge >= 0.3 is 0 Å². The van der Waals surface area contributed by atoms with Gasteiger partial charge < -0.3 is 4.98 Å². The van der Waals surface area contributed by atoms with Gasteiger partial charge in [0.25, 0.3) is 5.56 Å². The Labute approximate surface area is 172 Å². The first kappa shape index (κ1) is 19.0. The molecular formula is C23H19N3O2S. The summed E-state index contributed by atoms with van der Waals surface area (Å²) in [6, 6.07) is 26.2. The van der Waals surface area contributed by atoms with Crippen molar-refractivity contribution >= 4 is 39.9 Å². The van der Waals surface area contributed by atoms with Crippen molar-refractivity contribution in [2.24, 2.45) is 0 Å². The van der Waals surface area contributed by atoms with Gasteiger partial charge in [-0.05, 0) is 43.3 Å². The third-order valence-corrected chi connectivity index (χ3v) is 5.45. The molecule has 29 heavy (non-hydrogen) atoms. The molecule has 0 saturated heterocycles. The van der Waals surface area contributed by atoms with Crippen LogP contribution in [0.4, 0.5) is 11.4 Å². The van der Waals surface area contributed by atoms with Crippen LogP contribution >= 0.6 is 11.8 Å². The highest BCUT2D eigenvalue weighted by Crippen LogP contribution is 2.30. The van der Waals surface area contributed by atoms with Crippen molar-refractivity contribution in [1.29, 1.82) is 0 Å². The average molecular weight is 401 g/mol. The minimum atomic E-state index is -0.459. The molecule has 3 aromatic carbocycles. The van der Waals surface area contributed by atoms with E-state index in [0.29, 0.717) is 16.1 Å². The number of nitrogens with zero attached hydrogens (tertiary/aromatic N) is 2. The van der Waals surface area contributed by atoms with Crippen molar-refractivity contribution in [1.82, 2.24) is 9.97 Å². The molecule has 0 fully saturated rings. The van der Waals surface area contributed by atoms with Crippen LogP contribution in [0.25, 0.3) is 10.9 Å². The number of para-hydroxylation sites is 3. The van der Waals surface area contributed by atoms with Crippen LogP contribution in [0.15, 0.2) is 94.9 Å². The molecule has 0 aliphatic rings. The van der Waals surface area contributed by atoms with Crippen molar-refractivity contribution in [2.75, 3.05) is 4.90 Å². The summed E-state index contributed by atoms with van der Waals surface area (Å²) in [5, 5.41) is 0.501. The molecule has 0 aliphatic heterocycles. The predicted molar refractivity (Wildman–Crippen MR) is 118 cm³/mol. The van der Waals surface area contributed by atoms with Gasteiger partial charge in [-0.25, -0.2) is 4.98 Å². The lowest BCUT2D eigenvalue weighted by molar-refractivity contribution is -0.117. The zero-order valence-corrected chi connectivity index (χ0v) is 16.6. The van der Waals surface area contributed by atoms with Crippen LogP contribution in [0.5, 0.6) is 0 Å². The van der Waals surface area contributed by atoms with Crippen molar-refractivity contribution < 1.29 is 4.79 Å². The molecule has 1 atom stereocenters. The summed E-state index contributed by atoms with van der Waals surface area (Å²) in [5.74, 6) is -0.0943. The monoisotopic (exact) mass is 401 g/mol. The van der Waals surface area contributed by atoms with E-state index in [0.717, 1.165) is 11.4 Å². The summed E-state index contributed by atoms with van der Waals surface area (Å²) < 4.78 is 0. The first-order valence-corrected chi connectivity index (χ1v) is 10.1. The fraction of sp³-hybridized carbons (Fsp3) is 0.0870. The molecule has 1 amide bonds. The number of H-pyrrole nitrogens is 1. The summed E-state index contributed by atoms with van der Waals surface area (Å²) in [7, 11) is 0. The lowest BCUT2D eigenvalue weighted by atomic mass is 10.2. The third-order valence-electron chi connectivity index (χ3n) is 4.48. The molecule has 1 N–H and O–H groups in total. The van der Waals surface area contributed by atoms with Crippen LogP contribution in [-0.4, -0.2) is 21.1 Å². The van der Waals surface area contributed by atoms with E-state index in [1.165, 1.54) is 11.8 Å². The molecule has 1 unspecified atom stereocenters. The highest BCUT2D eigenvalue weighted by Gasteiger charge is 2.25. The molecule has 6 heteroatoms. The second-order valence-corrected chi connectivity index (χ2v) is 7.82. The van der Waals surface area contributed by atoms with Gasteiger partial charge in [0.2, 0.25) is 5.91 Å². The number of rotatable bonds is 5. The van der Waals surface area contributed by atoms with Crippen molar-refractivity contribution in [3.8, 4) is 0 Å². The summed E-state index contributed by atoms with van der Waals surface area (Å²) in [5.41, 5.74) is 1.98. The molecular weight excluding hydrogens is 382 g/mol. The minimum Gasteiger partial charge on any atom is -0.301 e. The number of amides is 1. The Kier molecular flexibility index (Phi) is 5.44. The van der Waals surface area contributed by atoms with E-state index >= 15 is 0 Å². The van der Waals surface area contributed by atoms with Gasteiger partial charge in [0.1, 0.15) is 0 Å². The number of hydrogen-bond donors (Lipinski definition) is 1. The SMILES string of the molecule is CC(Sc1nc2ccccc2c(=O)[nH]1)C(=O)N(c1ccccc1)c1ccccc1. The number of fused-ring (bicyclic) bond motifs is 1. The molecule has 4 rings (SSSR count). The molecule has 1 aromatic heterocycles. The Hall–Kier alpha value is -3.38. The fourth-order valence-corrected chi connectivity index (χ4v) is 3.92. The molecule has 0 aliphatic carbocycles. The molecule has 0 bridgehead atoms. The van der Waals surface area contributed by atoms with E-state index in [1.54, 1.807) is 23.1 Å². The normalized spacial score (nSPS) is 11.9. The second-order valence-electron chi connectivity index (χ2n) is 6.49. The van der Waals surface area contributed by atoms with E-state index in [9.17, 15) is 9.59 Å². The first-order chi connectivity index (χ1) is 14.1. The fourth-order valence-electron chi connectivity index (χ4n) is 3.08. The maximum atomic E-state index is 13.4. The lowest BCUT2D eigenvalue weighted by Crippen LogP contribution is -2.33. The predicted octanol–water partition coefficient (Wildman–Crippen LogP) is 4.77. The lowest BCUT2D eigenvalue weighted by Gasteiger charge is -2.25. The highest BCUT2D eigenvalue weighted by molar-refractivity contribution is 8.00. The zero-order chi connectivity index (χ0) is 20.2. The number of nitrogens with one attached hydrogen (secondary N) is 1. The number of anilines is 2. The van der Waals surface area contributed by atoms with Gasteiger partial charge in [-0.2, -0.15) is 0 Å². The number of carbonyl (C=O) groups excluding carboxylic acids is 1. The van der Waals surface area contributed by atoms with Crippen molar-refractivity contribution in [3.05, 3.63) is 95.3 Å². The quantitative estimate of drug-likeness (QED) is 0.386. The molecule has 0 saturated carbocycles. The van der Waals surface area contributed by atoms with Crippen LogP contribution in [-0.2, 0) is 4.79 Å². The topological polar surface area (TPSA) is 66.1 Å². The molecule has 0 spiro atoms. The standard InChI is InChI=1S/C23H19N3O2S/c1-16(29-23-24-20-15-9-8-14-19(20)21(27)25-23)22(28)26(17-10-4-2-5-11-17)18-12-6-3-7-13-18/h2-16H,1H3,(H,24,25,27). The number of thioether (sulfide) groups is 1. The number of aromatic amines is 1. The first-order valence-electron chi connectivity index (χ1n) is 9.23. The average Bonchev–Trinajstić information content (AvgIpc) is 2.75. The van der Waals surface area contributed by atoms with Gasteiger partial charge in [-0.3, -0.25) is 14.5 Å². The van der Waals surface area contributed by atoms with Crippen LogP contribution in [0.3, 0.4) is 0 Å². The van der Waals surface area contributed by atoms with Crippen LogP contribution in [0, 0.1) is 0 Å². The Morgan fingerprint density at radius 1 is 0.897 bits per heavy atom. The maximum absolute atomic E-state index is 13.4. The van der Waals surface area contributed by atoms with E-state index < -0.39 is 5.25 Å². The van der Waals surface area contributed by atoms with E-state index in [2.05, 4.69) is 9.97 Å². The summed E-state index contributed by atoms with van der Waals surface area (Å²) in [6.45, 7) is 1.82. The van der Waals surface area contributed by atoms with Crippen LogP contribution in [0.2, 0.25) is 0 Å². The van der Waals surface area contributed by atoms with Crippen LogP contribution < -0.4 is 10.5 Å². The minimum absolute atomic E-state index is 0.0943. The largest absolute Gasteiger partial charge is 0.301 e. The number of carbonyl (C=O) groups is 1. The van der Waals surface area contributed by atoms with Gasteiger partial charge in [-0.1, -0.05) is 60.3 Å². The van der Waals surface area contributed by atoms with E-state index in [-0.39, 0.29) is 11.5 Å². The van der Waals surface area contributed by atoms with Gasteiger partial charge in [0, 0.05) is 11.4 Å². The molecule has 1 heterocycles. The maximum Gasteiger partial charge on any atom is 0.259 e. The summed E-state index contributed by atoms with van der Waals surface area (Å²) in [6.07, 6.45) is 0. The molecule has 5 nitrogen and oxygen atoms in total. The smallest absolute Gasteiger partial charge is 0.259 e. The van der Waals surface area contributed by atoms with E-state index in [4.69, 9.17) is 0 Å². The highest BCUT2D eigenvalue weighted by atomic mass is 32.2. The van der Waals surface area contributed by atoms with E-state index in [1.807, 2.05) is 73.7 Å². The number of hydrogen-bond acceptors (Lipinski definition) is 4. The summed E-state index contributed by atoms with van der Waals surface area (Å²) >= 11 is 1.24. The molecule has 144 valence electrons. The Morgan fingerprint density at radius 3 is 2.07 bits per heavy atom. The van der Waals surface area contributed by atoms with Gasteiger partial charge in [0.15, 0.2) is 5.16 Å². The summed E-state index contributed by atoms with van der Waals surface area (Å²) in [4.78, 5) is 34.7. The zero-order valence-electron chi connectivity index (χ0n) is 15.8. The third kappa shape index (κ3) is 4.07. The Bertz CT molecular complexity index is 1150. The van der Waals surface area contributed by atoms with Gasteiger partial charge in [0.05, 0.1) is 16.2 Å². The Morgan fingerprint density at radius 2 is 1.45 bits per heavy atom.